The van der Waals surface area contributed by atoms with Gasteiger partial charge in [-0.25, -0.2) is 0 Å². The van der Waals surface area contributed by atoms with E-state index in [0.29, 0.717) is 5.75 Å². The van der Waals surface area contributed by atoms with E-state index in [1.807, 2.05) is 48.5 Å². The summed E-state index contributed by atoms with van der Waals surface area (Å²) in [4.78, 5) is 11.2. The second kappa shape index (κ2) is 5.27. The van der Waals surface area contributed by atoms with Crippen LogP contribution in [0.4, 0.5) is 0 Å². The second-order valence-corrected chi connectivity index (χ2v) is 3.54. The van der Waals surface area contributed by atoms with Crippen LogP contribution in [0.1, 0.15) is 0 Å². The molecule has 2 N–H and O–H groups in total. The third kappa shape index (κ3) is 2.71. The maximum absolute atomic E-state index is 11.2. The molecule has 0 saturated carbocycles. The Morgan fingerprint density at radius 2 is 1.65 bits per heavy atom. The van der Waals surface area contributed by atoms with Gasteiger partial charge in [-0.2, -0.15) is 0 Å². The van der Waals surface area contributed by atoms with Gasteiger partial charge in [-0.05, 0) is 11.6 Å². The van der Waals surface area contributed by atoms with Crippen LogP contribution in [0.25, 0.3) is 11.1 Å². The van der Waals surface area contributed by atoms with E-state index in [0.717, 1.165) is 11.1 Å². The van der Waals surface area contributed by atoms with Gasteiger partial charge in [-0.3, -0.25) is 4.79 Å². The molecule has 0 aliphatic carbocycles. The summed E-state index contributed by atoms with van der Waals surface area (Å²) in [6, 6.07) is 17.2. The van der Waals surface area contributed by atoms with E-state index in [1.165, 1.54) is 0 Å². The van der Waals surface area contributed by atoms with Crippen molar-refractivity contribution in [2.24, 2.45) is 5.73 Å². The predicted molar refractivity (Wildman–Crippen MR) is 66.6 cm³/mol. The van der Waals surface area contributed by atoms with Crippen molar-refractivity contribution in [2.75, 3.05) is 6.54 Å². The molecule has 0 saturated heterocycles. The van der Waals surface area contributed by atoms with Crippen LogP contribution >= 0.6 is 0 Å². The van der Waals surface area contributed by atoms with Gasteiger partial charge in [-0.15, -0.1) is 0 Å². The van der Waals surface area contributed by atoms with Gasteiger partial charge < -0.3 is 10.5 Å². The van der Waals surface area contributed by atoms with Crippen LogP contribution < -0.4 is 10.5 Å². The first-order chi connectivity index (χ1) is 8.31. The summed E-state index contributed by atoms with van der Waals surface area (Å²) < 4.78 is 5.19. The molecule has 0 spiro atoms. The molecule has 0 amide bonds. The molecule has 0 bridgehead atoms. The maximum Gasteiger partial charge on any atom is 0.325 e. The molecule has 0 unspecified atom stereocenters. The maximum atomic E-state index is 11.2. The lowest BCUT2D eigenvalue weighted by molar-refractivity contribution is -0.132. The Kier molecular flexibility index (Phi) is 3.52. The van der Waals surface area contributed by atoms with E-state index in [-0.39, 0.29) is 6.54 Å². The van der Waals surface area contributed by atoms with Gasteiger partial charge in [0.15, 0.2) is 0 Å². The van der Waals surface area contributed by atoms with E-state index in [2.05, 4.69) is 0 Å². The smallest absolute Gasteiger partial charge is 0.325 e. The van der Waals surface area contributed by atoms with Gasteiger partial charge >= 0.3 is 5.97 Å². The highest BCUT2D eigenvalue weighted by atomic mass is 16.5. The lowest BCUT2D eigenvalue weighted by Gasteiger charge is -2.09. The second-order valence-electron chi connectivity index (χ2n) is 3.54. The summed E-state index contributed by atoms with van der Waals surface area (Å²) in [5, 5.41) is 0. The molecular weight excluding hydrogens is 214 g/mol. The molecule has 0 radical (unpaired) electrons. The normalized spacial score (nSPS) is 9.94. The van der Waals surface area contributed by atoms with E-state index in [1.54, 1.807) is 6.07 Å². The molecule has 0 atom stereocenters. The molecular formula is C14H13NO2. The van der Waals surface area contributed by atoms with Gasteiger partial charge in [0.1, 0.15) is 5.75 Å². The molecule has 0 fully saturated rings. The summed E-state index contributed by atoms with van der Waals surface area (Å²) >= 11 is 0. The van der Waals surface area contributed by atoms with E-state index in [9.17, 15) is 4.79 Å². The Labute approximate surface area is 99.8 Å². The molecule has 3 heteroatoms. The van der Waals surface area contributed by atoms with E-state index in [4.69, 9.17) is 10.5 Å². The van der Waals surface area contributed by atoms with Crippen molar-refractivity contribution < 1.29 is 9.53 Å². The molecule has 17 heavy (non-hydrogen) atoms. The Balaban J connectivity index is 2.38. The quantitative estimate of drug-likeness (QED) is 0.646. The number of para-hydroxylation sites is 1. The number of nitrogens with two attached hydrogens (primary N) is 1. The molecule has 86 valence electrons. The highest BCUT2D eigenvalue weighted by Crippen LogP contribution is 2.29. The minimum Gasteiger partial charge on any atom is -0.425 e. The number of hydrogen-bond donors (Lipinski definition) is 1. The summed E-state index contributed by atoms with van der Waals surface area (Å²) in [5.74, 6) is 0.0996. The number of hydrogen-bond acceptors (Lipinski definition) is 3. The van der Waals surface area contributed by atoms with Crippen molar-refractivity contribution in [3.63, 3.8) is 0 Å². The highest BCUT2D eigenvalue weighted by molar-refractivity contribution is 5.78. The molecule has 0 heterocycles. The standard InChI is InChI=1S/C14H13NO2/c15-10-14(16)17-13-9-5-4-8-12(13)11-6-2-1-3-7-11/h1-9H,10,15H2. The van der Waals surface area contributed by atoms with Crippen LogP contribution in [0.15, 0.2) is 54.6 Å². The zero-order valence-corrected chi connectivity index (χ0v) is 9.30. The average molecular weight is 227 g/mol. The molecule has 2 aromatic rings. The zero-order chi connectivity index (χ0) is 12.1. The van der Waals surface area contributed by atoms with Crippen molar-refractivity contribution in [3.05, 3.63) is 54.6 Å². The molecule has 0 aliphatic heterocycles. The Morgan fingerprint density at radius 3 is 2.35 bits per heavy atom. The number of benzene rings is 2. The van der Waals surface area contributed by atoms with Crippen LogP contribution in [0, 0.1) is 0 Å². The molecule has 0 aromatic heterocycles. The third-order valence-corrected chi connectivity index (χ3v) is 2.36. The summed E-state index contributed by atoms with van der Waals surface area (Å²) in [6.45, 7) is -0.122. The Morgan fingerprint density at radius 1 is 1.00 bits per heavy atom. The highest BCUT2D eigenvalue weighted by Gasteiger charge is 2.08. The first-order valence-corrected chi connectivity index (χ1v) is 5.36. The predicted octanol–water partition coefficient (Wildman–Crippen LogP) is 2.22. The largest absolute Gasteiger partial charge is 0.425 e. The fourth-order valence-electron chi connectivity index (χ4n) is 1.58. The van der Waals surface area contributed by atoms with Gasteiger partial charge in [0, 0.05) is 5.56 Å². The monoisotopic (exact) mass is 227 g/mol. The summed E-state index contributed by atoms with van der Waals surface area (Å²) in [7, 11) is 0. The van der Waals surface area contributed by atoms with Crippen LogP contribution in [0.5, 0.6) is 5.75 Å². The van der Waals surface area contributed by atoms with Crippen LogP contribution in [0.2, 0.25) is 0 Å². The topological polar surface area (TPSA) is 52.3 Å². The Hall–Kier alpha value is -2.13. The molecule has 2 aromatic carbocycles. The first kappa shape index (κ1) is 11.4. The number of carbonyl (C=O) groups is 1. The third-order valence-electron chi connectivity index (χ3n) is 2.36. The van der Waals surface area contributed by atoms with Crippen molar-refractivity contribution in [3.8, 4) is 16.9 Å². The summed E-state index contributed by atoms with van der Waals surface area (Å²) in [6.07, 6.45) is 0. The summed E-state index contributed by atoms with van der Waals surface area (Å²) in [5.41, 5.74) is 7.13. The molecule has 0 aliphatic rings. The van der Waals surface area contributed by atoms with Crippen LogP contribution in [-0.2, 0) is 4.79 Å². The minimum absolute atomic E-state index is 0.122. The van der Waals surface area contributed by atoms with E-state index < -0.39 is 5.97 Å². The minimum atomic E-state index is -0.437. The van der Waals surface area contributed by atoms with Gasteiger partial charge in [0.2, 0.25) is 0 Å². The van der Waals surface area contributed by atoms with Crippen LogP contribution in [0.3, 0.4) is 0 Å². The van der Waals surface area contributed by atoms with Crippen molar-refractivity contribution in [1.29, 1.82) is 0 Å². The molecule has 3 nitrogen and oxygen atoms in total. The van der Waals surface area contributed by atoms with Gasteiger partial charge in [0.05, 0.1) is 6.54 Å². The average Bonchev–Trinajstić information content (AvgIpc) is 2.40. The Bertz CT molecular complexity index is 509. The van der Waals surface area contributed by atoms with Crippen molar-refractivity contribution >= 4 is 5.97 Å². The number of ether oxygens (including phenoxy) is 1. The lowest BCUT2D eigenvalue weighted by Crippen LogP contribution is -2.19. The number of carbonyl (C=O) groups excluding carboxylic acids is 1. The number of esters is 1. The fourth-order valence-corrected chi connectivity index (χ4v) is 1.58. The lowest BCUT2D eigenvalue weighted by atomic mass is 10.1. The van der Waals surface area contributed by atoms with Crippen molar-refractivity contribution in [1.82, 2.24) is 0 Å². The number of rotatable bonds is 3. The van der Waals surface area contributed by atoms with Gasteiger partial charge in [-0.1, -0.05) is 48.5 Å². The van der Waals surface area contributed by atoms with E-state index >= 15 is 0 Å². The first-order valence-electron chi connectivity index (χ1n) is 5.36. The molecule has 2 rings (SSSR count). The zero-order valence-electron chi connectivity index (χ0n) is 9.30. The fraction of sp³-hybridized carbons (Fsp3) is 0.0714. The van der Waals surface area contributed by atoms with Gasteiger partial charge in [0.25, 0.3) is 0 Å². The SMILES string of the molecule is NCC(=O)Oc1ccccc1-c1ccccc1. The van der Waals surface area contributed by atoms with Crippen molar-refractivity contribution in [2.45, 2.75) is 0 Å². The van der Waals surface area contributed by atoms with Crippen LogP contribution in [-0.4, -0.2) is 12.5 Å².